The molecule has 4 N–H and O–H groups in total. The van der Waals surface area contributed by atoms with E-state index in [9.17, 15) is 28.6 Å². The Morgan fingerprint density at radius 2 is 1.91 bits per heavy atom. The molecule has 0 bridgehead atoms. The largest absolute Gasteiger partial charge is 0.357 e. The molecule has 2 atom stereocenters. The van der Waals surface area contributed by atoms with Gasteiger partial charge in [-0.15, -0.1) is 0 Å². The summed E-state index contributed by atoms with van der Waals surface area (Å²) in [5.41, 5.74) is 0. The third-order valence-electron chi connectivity index (χ3n) is 3.93. The van der Waals surface area contributed by atoms with Gasteiger partial charge in [-0.25, -0.2) is 0 Å². The van der Waals surface area contributed by atoms with E-state index in [1.807, 2.05) is 13.8 Å². The van der Waals surface area contributed by atoms with Crippen molar-refractivity contribution in [1.82, 2.24) is 9.99 Å². The first-order valence-corrected chi connectivity index (χ1v) is 10.8. The SMILES string of the molecule is CCCCNC1(P(=O)(O)O)CCC(=O)N(CCCC)P1(=O)O. The molecule has 10 heteroatoms. The van der Waals surface area contributed by atoms with Gasteiger partial charge in [0.15, 0.2) is 0 Å². The average Bonchev–Trinajstić information content (AvgIpc) is 2.40. The van der Waals surface area contributed by atoms with Gasteiger partial charge in [-0.3, -0.25) is 23.9 Å². The van der Waals surface area contributed by atoms with E-state index in [4.69, 9.17) is 0 Å². The van der Waals surface area contributed by atoms with E-state index in [0.29, 0.717) is 19.3 Å². The van der Waals surface area contributed by atoms with Crippen molar-refractivity contribution in [2.45, 2.75) is 57.4 Å². The number of unbranched alkanes of at least 4 members (excludes halogenated alkanes) is 2. The van der Waals surface area contributed by atoms with E-state index in [0.717, 1.165) is 11.1 Å². The average molecular weight is 356 g/mol. The maximum absolute atomic E-state index is 12.9. The lowest BCUT2D eigenvalue weighted by molar-refractivity contribution is -0.128. The molecule has 1 aliphatic rings. The second-order valence-electron chi connectivity index (χ2n) is 5.56. The molecule has 0 spiro atoms. The number of hydrogen-bond acceptors (Lipinski definition) is 4. The molecule has 1 fully saturated rings. The van der Waals surface area contributed by atoms with Gasteiger partial charge in [0, 0.05) is 13.0 Å². The van der Waals surface area contributed by atoms with Crippen LogP contribution in [-0.4, -0.2) is 43.4 Å². The van der Waals surface area contributed by atoms with Crippen LogP contribution in [0.3, 0.4) is 0 Å². The lowest BCUT2D eigenvalue weighted by atomic mass is 10.2. The van der Waals surface area contributed by atoms with Crippen LogP contribution in [0.2, 0.25) is 0 Å². The van der Waals surface area contributed by atoms with Crippen molar-refractivity contribution < 1.29 is 28.6 Å². The zero-order valence-electron chi connectivity index (χ0n) is 13.1. The highest BCUT2D eigenvalue weighted by atomic mass is 31.2. The topological polar surface area (TPSA) is 127 Å². The molecule has 1 aliphatic heterocycles. The van der Waals surface area contributed by atoms with Crippen LogP contribution in [0.1, 0.15) is 52.4 Å². The van der Waals surface area contributed by atoms with Gasteiger partial charge >= 0.3 is 15.1 Å². The zero-order chi connectivity index (χ0) is 17.0. The normalized spacial score (nSPS) is 29.9. The van der Waals surface area contributed by atoms with Gasteiger partial charge in [0.25, 0.3) is 0 Å². The summed E-state index contributed by atoms with van der Waals surface area (Å²) >= 11 is 0. The van der Waals surface area contributed by atoms with Crippen LogP contribution < -0.4 is 5.32 Å². The lowest BCUT2D eigenvalue weighted by Crippen LogP contribution is -2.53. The van der Waals surface area contributed by atoms with Gasteiger partial charge in [-0.05, 0) is 25.8 Å². The Morgan fingerprint density at radius 1 is 1.32 bits per heavy atom. The molecular weight excluding hydrogens is 330 g/mol. The van der Waals surface area contributed by atoms with Crippen molar-refractivity contribution in [3.8, 4) is 0 Å². The van der Waals surface area contributed by atoms with Crippen molar-refractivity contribution in [3.05, 3.63) is 0 Å². The summed E-state index contributed by atoms with van der Waals surface area (Å²) in [5.74, 6) is -0.527. The monoisotopic (exact) mass is 356 g/mol. The molecule has 1 rings (SSSR count). The highest BCUT2D eigenvalue weighted by molar-refractivity contribution is 7.74. The van der Waals surface area contributed by atoms with E-state index in [2.05, 4.69) is 5.32 Å². The maximum atomic E-state index is 12.9. The van der Waals surface area contributed by atoms with Crippen LogP contribution in [-0.2, 0) is 13.9 Å². The van der Waals surface area contributed by atoms with E-state index in [-0.39, 0.29) is 25.9 Å². The molecule has 0 aromatic heterocycles. The predicted octanol–water partition coefficient (Wildman–Crippen LogP) is 1.82. The van der Waals surface area contributed by atoms with E-state index < -0.39 is 26.0 Å². The first-order valence-electron chi connectivity index (χ1n) is 7.58. The van der Waals surface area contributed by atoms with Crippen LogP contribution in [0, 0.1) is 0 Å². The third kappa shape index (κ3) is 3.64. The Labute approximate surface area is 130 Å². The van der Waals surface area contributed by atoms with E-state index in [1.165, 1.54) is 0 Å². The molecular formula is C12H26N2O6P2. The highest BCUT2D eigenvalue weighted by Gasteiger charge is 2.65. The number of amides is 1. The Morgan fingerprint density at radius 3 is 2.41 bits per heavy atom. The molecule has 1 heterocycles. The first-order chi connectivity index (χ1) is 10.1. The Bertz CT molecular complexity index is 494. The fourth-order valence-electron chi connectivity index (χ4n) is 2.55. The number of carbonyl (C=O) groups excluding carboxylic acids is 1. The third-order valence-corrected chi connectivity index (χ3v) is 9.26. The van der Waals surface area contributed by atoms with E-state index in [1.54, 1.807) is 0 Å². The van der Waals surface area contributed by atoms with Gasteiger partial charge in [0.1, 0.15) is 0 Å². The molecule has 0 radical (unpaired) electrons. The minimum Gasteiger partial charge on any atom is -0.327 e. The Kier molecular flexibility index (Phi) is 6.81. The molecule has 8 nitrogen and oxygen atoms in total. The predicted molar refractivity (Wildman–Crippen MR) is 83.4 cm³/mol. The van der Waals surface area contributed by atoms with Gasteiger partial charge in [-0.1, -0.05) is 26.7 Å². The molecule has 0 aliphatic carbocycles. The van der Waals surface area contributed by atoms with Gasteiger partial charge in [0.05, 0.1) is 0 Å². The zero-order valence-corrected chi connectivity index (χ0v) is 14.9. The van der Waals surface area contributed by atoms with Crippen LogP contribution in [0.5, 0.6) is 0 Å². The smallest absolute Gasteiger partial charge is 0.327 e. The first kappa shape index (κ1) is 19.8. The lowest BCUT2D eigenvalue weighted by Gasteiger charge is -2.46. The van der Waals surface area contributed by atoms with Crippen molar-refractivity contribution in [2.24, 2.45) is 0 Å². The number of rotatable bonds is 8. The minimum absolute atomic E-state index is 0.0281. The summed E-state index contributed by atoms with van der Waals surface area (Å²) in [4.78, 5) is 41.9. The molecule has 0 aromatic rings. The maximum Gasteiger partial charge on any atom is 0.357 e. The summed E-state index contributed by atoms with van der Waals surface area (Å²) < 4.78 is 25.7. The summed E-state index contributed by atoms with van der Waals surface area (Å²) in [6, 6.07) is 0. The minimum atomic E-state index is -4.95. The van der Waals surface area contributed by atoms with Gasteiger partial charge in [0.2, 0.25) is 10.9 Å². The van der Waals surface area contributed by atoms with Crippen molar-refractivity contribution >= 4 is 21.0 Å². The summed E-state index contributed by atoms with van der Waals surface area (Å²) in [7, 11) is -9.52. The fourth-order valence-corrected chi connectivity index (χ4v) is 6.89. The standard InChI is InChI=1S/C12H26N2O6P2/c1-3-5-9-13-12(22(18,19)20)8-7-11(15)14(10-6-4-2)21(12,16)17/h13H,3-10H2,1-2H3,(H,16,17)(H2,18,19,20). The van der Waals surface area contributed by atoms with Gasteiger partial charge in [-0.2, -0.15) is 0 Å². The van der Waals surface area contributed by atoms with Crippen LogP contribution in [0.4, 0.5) is 0 Å². The highest BCUT2D eigenvalue weighted by Crippen LogP contribution is 2.74. The second kappa shape index (κ2) is 7.56. The molecule has 22 heavy (non-hydrogen) atoms. The molecule has 1 amide bonds. The van der Waals surface area contributed by atoms with Crippen molar-refractivity contribution in [1.29, 1.82) is 0 Å². The van der Waals surface area contributed by atoms with Crippen LogP contribution >= 0.6 is 15.1 Å². The van der Waals surface area contributed by atoms with Crippen LogP contribution in [0.25, 0.3) is 0 Å². The van der Waals surface area contributed by atoms with Crippen molar-refractivity contribution in [2.75, 3.05) is 13.1 Å². The Hall–Kier alpha value is -0.230. The van der Waals surface area contributed by atoms with Crippen molar-refractivity contribution in [3.63, 3.8) is 0 Å². The molecule has 130 valence electrons. The number of hydrogen-bond donors (Lipinski definition) is 4. The summed E-state index contributed by atoms with van der Waals surface area (Å²) in [5, 5.41) is 0.370. The number of nitrogens with one attached hydrogen (secondary N) is 1. The quantitative estimate of drug-likeness (QED) is 0.386. The van der Waals surface area contributed by atoms with E-state index >= 15 is 0 Å². The fraction of sp³-hybridized carbons (Fsp3) is 0.917. The summed E-state index contributed by atoms with van der Waals surface area (Å²) in [6.45, 7) is 4.01. The number of carbonyl (C=O) groups is 1. The molecule has 0 aromatic carbocycles. The molecule has 2 unspecified atom stereocenters. The molecule has 0 saturated carbocycles. The number of nitrogens with zero attached hydrogens (tertiary/aromatic N) is 1. The summed E-state index contributed by atoms with van der Waals surface area (Å²) in [6.07, 6.45) is 2.11. The van der Waals surface area contributed by atoms with Gasteiger partial charge < -0.3 is 14.7 Å². The van der Waals surface area contributed by atoms with Crippen LogP contribution in [0.15, 0.2) is 0 Å². The Balaban J connectivity index is 3.21. The second-order valence-corrected chi connectivity index (χ2v) is 10.1. The molecule has 1 saturated heterocycles.